The highest BCUT2D eigenvalue weighted by molar-refractivity contribution is 5.84. The fourth-order valence-corrected chi connectivity index (χ4v) is 3.17. The molecule has 0 saturated heterocycles. The number of amides is 1. The first kappa shape index (κ1) is 23.8. The summed E-state index contributed by atoms with van der Waals surface area (Å²) in [4.78, 5) is 23.7. The first-order valence-electron chi connectivity index (χ1n) is 10.1. The third-order valence-electron chi connectivity index (χ3n) is 4.83. The summed E-state index contributed by atoms with van der Waals surface area (Å²) in [6.45, 7) is 5.78. The van der Waals surface area contributed by atoms with Gasteiger partial charge >= 0.3 is 5.97 Å². The van der Waals surface area contributed by atoms with E-state index in [0.29, 0.717) is 31.6 Å². The number of ether oxygens (including phenoxy) is 2. The van der Waals surface area contributed by atoms with Crippen molar-refractivity contribution >= 4 is 11.9 Å². The van der Waals surface area contributed by atoms with Gasteiger partial charge in [-0.25, -0.2) is 9.18 Å². The number of carbonyl (C=O) groups excluding carboxylic acids is 1. The number of halogens is 1. The molecule has 6 nitrogen and oxygen atoms in total. The van der Waals surface area contributed by atoms with Crippen LogP contribution in [0.4, 0.5) is 4.39 Å². The van der Waals surface area contributed by atoms with Gasteiger partial charge in [0.2, 0.25) is 0 Å². The van der Waals surface area contributed by atoms with Crippen LogP contribution in [0.15, 0.2) is 48.1 Å². The van der Waals surface area contributed by atoms with Crippen LogP contribution in [-0.4, -0.2) is 47.9 Å². The molecule has 2 atom stereocenters. The number of carboxylic acids is 1. The molecule has 1 aliphatic carbocycles. The molecule has 1 aromatic rings. The van der Waals surface area contributed by atoms with E-state index >= 15 is 0 Å². The van der Waals surface area contributed by atoms with Crippen LogP contribution < -0.4 is 5.32 Å². The van der Waals surface area contributed by atoms with Crippen molar-refractivity contribution in [2.45, 2.75) is 57.8 Å². The van der Waals surface area contributed by atoms with Crippen LogP contribution in [0.1, 0.15) is 39.2 Å². The molecule has 7 heteroatoms. The van der Waals surface area contributed by atoms with Crippen LogP contribution in [0.25, 0.3) is 0 Å². The number of carboxylic acid groups (broad SMARTS) is 1. The van der Waals surface area contributed by atoms with Crippen molar-refractivity contribution in [3.8, 4) is 0 Å². The summed E-state index contributed by atoms with van der Waals surface area (Å²) >= 11 is 0. The van der Waals surface area contributed by atoms with Gasteiger partial charge in [0.15, 0.2) is 6.10 Å². The summed E-state index contributed by atoms with van der Waals surface area (Å²) in [6, 6.07) is 6.48. The van der Waals surface area contributed by atoms with Gasteiger partial charge in [0.25, 0.3) is 5.91 Å². The molecule has 0 bridgehead atoms. The quantitative estimate of drug-likeness (QED) is 0.574. The van der Waals surface area contributed by atoms with E-state index in [-0.39, 0.29) is 24.2 Å². The Hall–Kier alpha value is -2.51. The zero-order valence-corrected chi connectivity index (χ0v) is 17.7. The van der Waals surface area contributed by atoms with E-state index in [4.69, 9.17) is 9.47 Å². The van der Waals surface area contributed by atoms with E-state index in [1.165, 1.54) is 6.07 Å². The SMILES string of the molecule is CCO[C@@H](CC1=CCC(OC(C)(C)C(=O)NCCc2ccccc2F)C=C1)C(=O)O. The van der Waals surface area contributed by atoms with E-state index in [1.54, 1.807) is 39.0 Å². The lowest BCUT2D eigenvalue weighted by Gasteiger charge is -2.29. The van der Waals surface area contributed by atoms with Gasteiger partial charge in [0, 0.05) is 19.6 Å². The van der Waals surface area contributed by atoms with Crippen molar-refractivity contribution in [2.24, 2.45) is 0 Å². The summed E-state index contributed by atoms with van der Waals surface area (Å²) in [5.41, 5.74) is 0.351. The highest BCUT2D eigenvalue weighted by atomic mass is 19.1. The fourth-order valence-electron chi connectivity index (χ4n) is 3.17. The van der Waals surface area contributed by atoms with Gasteiger partial charge in [-0.2, -0.15) is 0 Å². The predicted octanol–water partition coefficient (Wildman–Crippen LogP) is 3.41. The minimum atomic E-state index is -1.06. The highest BCUT2D eigenvalue weighted by Crippen LogP contribution is 2.23. The molecule has 1 unspecified atom stereocenters. The van der Waals surface area contributed by atoms with Crippen LogP contribution in [0.3, 0.4) is 0 Å². The van der Waals surface area contributed by atoms with Crippen LogP contribution in [0, 0.1) is 5.82 Å². The lowest BCUT2D eigenvalue weighted by Crippen LogP contribution is -2.46. The zero-order valence-electron chi connectivity index (χ0n) is 17.7. The van der Waals surface area contributed by atoms with Gasteiger partial charge in [0.1, 0.15) is 11.4 Å². The average Bonchev–Trinajstić information content (AvgIpc) is 2.70. The van der Waals surface area contributed by atoms with E-state index in [9.17, 15) is 19.1 Å². The topological polar surface area (TPSA) is 84.9 Å². The average molecular weight is 419 g/mol. The van der Waals surface area contributed by atoms with E-state index < -0.39 is 17.7 Å². The molecule has 164 valence electrons. The highest BCUT2D eigenvalue weighted by Gasteiger charge is 2.31. The van der Waals surface area contributed by atoms with Crippen LogP contribution in [0.5, 0.6) is 0 Å². The summed E-state index contributed by atoms with van der Waals surface area (Å²) in [6.07, 6.45) is 5.60. The second-order valence-corrected chi connectivity index (χ2v) is 7.62. The zero-order chi connectivity index (χ0) is 22.1. The molecule has 0 radical (unpaired) electrons. The van der Waals surface area contributed by atoms with Crippen LogP contribution in [0.2, 0.25) is 0 Å². The lowest BCUT2D eigenvalue weighted by molar-refractivity contribution is -0.150. The van der Waals surface area contributed by atoms with Gasteiger partial charge in [0.05, 0.1) is 6.10 Å². The first-order chi connectivity index (χ1) is 14.2. The van der Waals surface area contributed by atoms with Crippen molar-refractivity contribution in [1.82, 2.24) is 5.32 Å². The Labute approximate surface area is 176 Å². The Morgan fingerprint density at radius 2 is 2.07 bits per heavy atom. The predicted molar refractivity (Wildman–Crippen MR) is 112 cm³/mol. The minimum Gasteiger partial charge on any atom is -0.479 e. The summed E-state index contributed by atoms with van der Waals surface area (Å²) < 4.78 is 24.9. The van der Waals surface area contributed by atoms with Gasteiger partial charge < -0.3 is 19.9 Å². The smallest absolute Gasteiger partial charge is 0.333 e. The Morgan fingerprint density at radius 1 is 1.33 bits per heavy atom. The molecule has 0 saturated carbocycles. The molecule has 0 heterocycles. The first-order valence-corrected chi connectivity index (χ1v) is 10.1. The van der Waals surface area contributed by atoms with Gasteiger partial charge in [-0.15, -0.1) is 0 Å². The number of allylic oxidation sites excluding steroid dienone is 1. The monoisotopic (exact) mass is 419 g/mol. The summed E-state index contributed by atoms with van der Waals surface area (Å²) in [5, 5.41) is 12.0. The molecule has 1 aliphatic rings. The number of nitrogens with one attached hydrogen (secondary N) is 1. The molecule has 0 aliphatic heterocycles. The van der Waals surface area contributed by atoms with Crippen molar-refractivity contribution < 1.29 is 28.6 Å². The number of rotatable bonds is 11. The number of aliphatic carboxylic acids is 1. The van der Waals surface area contributed by atoms with Gasteiger partial charge in [-0.3, -0.25) is 4.79 Å². The maximum atomic E-state index is 13.7. The Balaban J connectivity index is 1.81. The maximum Gasteiger partial charge on any atom is 0.333 e. The summed E-state index contributed by atoms with van der Waals surface area (Å²) in [5.74, 6) is -1.55. The third kappa shape index (κ3) is 7.07. The van der Waals surface area contributed by atoms with Crippen LogP contribution in [-0.2, 0) is 25.5 Å². The second kappa shape index (κ2) is 11.0. The number of benzene rings is 1. The number of carbonyl (C=O) groups is 2. The molecule has 0 fully saturated rings. The van der Waals surface area contributed by atoms with Crippen molar-refractivity contribution in [3.63, 3.8) is 0 Å². The van der Waals surface area contributed by atoms with Gasteiger partial charge in [-0.1, -0.05) is 36.4 Å². The molecule has 0 spiro atoms. The van der Waals surface area contributed by atoms with E-state index in [0.717, 1.165) is 5.57 Å². The fraction of sp³-hybridized carbons (Fsp3) is 0.478. The van der Waals surface area contributed by atoms with Crippen LogP contribution >= 0.6 is 0 Å². The summed E-state index contributed by atoms with van der Waals surface area (Å²) in [7, 11) is 0. The maximum absolute atomic E-state index is 13.7. The van der Waals surface area contributed by atoms with Crippen molar-refractivity contribution in [2.75, 3.05) is 13.2 Å². The lowest BCUT2D eigenvalue weighted by atomic mass is 9.99. The Kier molecular flexibility index (Phi) is 8.74. The molecular weight excluding hydrogens is 389 g/mol. The van der Waals surface area contributed by atoms with E-state index in [1.807, 2.05) is 18.2 Å². The van der Waals surface area contributed by atoms with Crippen molar-refractivity contribution in [3.05, 3.63) is 59.4 Å². The molecule has 1 aromatic carbocycles. The molecular formula is C23H30FNO5. The number of hydrogen-bond donors (Lipinski definition) is 2. The third-order valence-corrected chi connectivity index (χ3v) is 4.83. The number of hydrogen-bond acceptors (Lipinski definition) is 4. The molecule has 2 rings (SSSR count). The normalized spacial score (nSPS) is 17.3. The molecule has 2 N–H and O–H groups in total. The second-order valence-electron chi connectivity index (χ2n) is 7.62. The molecule has 0 aromatic heterocycles. The van der Waals surface area contributed by atoms with Crippen molar-refractivity contribution in [1.29, 1.82) is 0 Å². The standard InChI is InChI=1S/C23H30FNO5/c1-4-29-20(21(26)27)15-16-9-11-18(12-10-16)30-23(2,3)22(28)25-14-13-17-7-5-6-8-19(17)24/h5-11,18,20H,4,12-15H2,1-3H3,(H,25,28)(H,26,27)/t18?,20-/m0/s1. The van der Waals surface area contributed by atoms with Gasteiger partial charge in [-0.05, 0) is 50.8 Å². The molecule has 1 amide bonds. The molecule has 30 heavy (non-hydrogen) atoms. The Bertz CT molecular complexity index is 803. The Morgan fingerprint density at radius 3 is 2.67 bits per heavy atom. The van der Waals surface area contributed by atoms with E-state index in [2.05, 4.69) is 5.32 Å². The largest absolute Gasteiger partial charge is 0.479 e. The minimum absolute atomic E-state index is 0.274.